The summed E-state index contributed by atoms with van der Waals surface area (Å²) < 4.78 is 4.82. The first-order valence-corrected chi connectivity index (χ1v) is 4.14. The molecule has 0 radical (unpaired) electrons. The zero-order chi connectivity index (χ0) is 9.56. The summed E-state index contributed by atoms with van der Waals surface area (Å²) in [5, 5.41) is 2.71. The van der Waals surface area contributed by atoms with Crippen molar-refractivity contribution in [2.75, 3.05) is 0 Å². The van der Waals surface area contributed by atoms with E-state index in [0.717, 1.165) is 6.42 Å². The minimum Gasteiger partial charge on any atom is -0.461 e. The van der Waals surface area contributed by atoms with Crippen molar-refractivity contribution >= 4 is 5.97 Å². The lowest BCUT2D eigenvalue weighted by Crippen LogP contribution is -2.23. The summed E-state index contributed by atoms with van der Waals surface area (Å²) in [4.78, 5) is 21.2. The number of carbonyl (C=O) groups excluding carboxylic acids is 1. The summed E-state index contributed by atoms with van der Waals surface area (Å²) in [6.45, 7) is 5.37. The minimum absolute atomic E-state index is 0.182. The maximum Gasteiger partial charge on any atom is 0.334 e. The molecule has 0 aromatic heterocycles. The highest BCUT2D eigenvalue weighted by Crippen LogP contribution is 2.05. The molecule has 0 spiro atoms. The van der Waals surface area contributed by atoms with Crippen molar-refractivity contribution in [3.05, 3.63) is 4.91 Å². The predicted molar refractivity (Wildman–Crippen MR) is 45.7 cm³/mol. The number of hydrogen-bond acceptors (Lipinski definition) is 4. The Kier molecular flexibility index (Phi) is 5.25. The summed E-state index contributed by atoms with van der Waals surface area (Å²) >= 11 is 0. The summed E-state index contributed by atoms with van der Waals surface area (Å²) in [5.74, 6) is -0.512. The van der Waals surface area contributed by atoms with Gasteiger partial charge in [-0.15, -0.1) is 4.91 Å². The van der Waals surface area contributed by atoms with E-state index in [2.05, 4.69) is 5.18 Å². The molecule has 1 unspecified atom stereocenters. The van der Waals surface area contributed by atoms with E-state index < -0.39 is 12.0 Å². The Balaban J connectivity index is 3.93. The van der Waals surface area contributed by atoms with E-state index in [-0.39, 0.29) is 6.10 Å². The van der Waals surface area contributed by atoms with E-state index in [4.69, 9.17) is 4.74 Å². The van der Waals surface area contributed by atoms with E-state index >= 15 is 0 Å². The van der Waals surface area contributed by atoms with Crippen LogP contribution in [0.15, 0.2) is 5.18 Å². The van der Waals surface area contributed by atoms with Gasteiger partial charge in [-0.2, -0.15) is 0 Å². The van der Waals surface area contributed by atoms with Gasteiger partial charge in [0.2, 0.25) is 0 Å². The van der Waals surface area contributed by atoms with Gasteiger partial charge in [0, 0.05) is 0 Å². The van der Waals surface area contributed by atoms with Crippen LogP contribution in [0.3, 0.4) is 0 Å². The molecule has 0 fully saturated rings. The highest BCUT2D eigenvalue weighted by atomic mass is 16.5. The number of nitrogens with zero attached hydrogens (tertiary/aromatic N) is 1. The van der Waals surface area contributed by atoms with Gasteiger partial charge in [-0.25, -0.2) is 4.79 Å². The zero-order valence-corrected chi connectivity index (χ0v) is 7.74. The smallest absolute Gasteiger partial charge is 0.334 e. The van der Waals surface area contributed by atoms with Crippen LogP contribution in [0.2, 0.25) is 0 Å². The standard InChI is InChI=1S/C8H15NO3/c1-4-5-7(9-11)8(10)12-6(2)3/h6-7H,4-5H2,1-3H3. The van der Waals surface area contributed by atoms with Crippen LogP contribution < -0.4 is 0 Å². The molecule has 0 aliphatic heterocycles. The van der Waals surface area contributed by atoms with Crippen molar-refractivity contribution in [1.82, 2.24) is 0 Å². The van der Waals surface area contributed by atoms with Crippen molar-refractivity contribution in [2.24, 2.45) is 5.18 Å². The van der Waals surface area contributed by atoms with Gasteiger partial charge in [-0.1, -0.05) is 18.5 Å². The number of nitroso groups, excluding NO2 is 1. The molecule has 0 aromatic rings. The molecule has 0 bridgehead atoms. The van der Waals surface area contributed by atoms with E-state index in [1.165, 1.54) is 0 Å². The molecular weight excluding hydrogens is 158 g/mol. The maximum atomic E-state index is 11.1. The van der Waals surface area contributed by atoms with Crippen molar-refractivity contribution in [3.8, 4) is 0 Å². The number of hydrogen-bond donors (Lipinski definition) is 0. The average molecular weight is 173 g/mol. The molecule has 1 atom stereocenters. The topological polar surface area (TPSA) is 55.7 Å². The molecule has 0 aliphatic carbocycles. The molecule has 0 saturated carbocycles. The highest BCUT2D eigenvalue weighted by Gasteiger charge is 2.20. The molecule has 0 N–H and O–H groups in total. The van der Waals surface area contributed by atoms with Crippen LogP contribution in [0.5, 0.6) is 0 Å². The molecule has 0 aliphatic rings. The third-order valence-corrected chi connectivity index (χ3v) is 1.31. The van der Waals surface area contributed by atoms with Gasteiger partial charge in [0.25, 0.3) is 0 Å². The monoisotopic (exact) mass is 173 g/mol. The molecular formula is C8H15NO3. The third kappa shape index (κ3) is 4.05. The summed E-state index contributed by atoms with van der Waals surface area (Å²) in [6.07, 6.45) is 1.04. The Hall–Kier alpha value is -0.930. The second kappa shape index (κ2) is 5.69. The van der Waals surface area contributed by atoms with Crippen LogP contribution in [0.4, 0.5) is 0 Å². The fraction of sp³-hybridized carbons (Fsp3) is 0.875. The van der Waals surface area contributed by atoms with Gasteiger partial charge in [0.15, 0.2) is 6.04 Å². The van der Waals surface area contributed by atoms with Crippen LogP contribution in [0.25, 0.3) is 0 Å². The average Bonchev–Trinajstić information content (AvgIpc) is 1.98. The Bertz CT molecular complexity index is 156. The lowest BCUT2D eigenvalue weighted by atomic mass is 10.2. The number of esters is 1. The quantitative estimate of drug-likeness (QED) is 0.471. The summed E-state index contributed by atoms with van der Waals surface area (Å²) in [5.41, 5.74) is 0. The highest BCUT2D eigenvalue weighted by molar-refractivity contribution is 5.75. The Morgan fingerprint density at radius 3 is 2.42 bits per heavy atom. The molecule has 70 valence electrons. The van der Waals surface area contributed by atoms with Gasteiger partial charge in [0.1, 0.15) is 0 Å². The molecule has 0 amide bonds. The molecule has 4 heteroatoms. The van der Waals surface area contributed by atoms with Gasteiger partial charge >= 0.3 is 5.97 Å². The van der Waals surface area contributed by atoms with Crippen molar-refractivity contribution in [1.29, 1.82) is 0 Å². The third-order valence-electron chi connectivity index (χ3n) is 1.31. The number of rotatable bonds is 5. The van der Waals surface area contributed by atoms with Gasteiger partial charge in [0.05, 0.1) is 6.10 Å². The minimum atomic E-state index is -0.822. The van der Waals surface area contributed by atoms with Crippen LogP contribution in [0, 0.1) is 4.91 Å². The lowest BCUT2D eigenvalue weighted by Gasteiger charge is -2.10. The van der Waals surface area contributed by atoms with Gasteiger partial charge in [-0.3, -0.25) is 0 Å². The van der Waals surface area contributed by atoms with E-state index in [1.54, 1.807) is 13.8 Å². The fourth-order valence-corrected chi connectivity index (χ4v) is 0.798. The van der Waals surface area contributed by atoms with Gasteiger partial charge in [-0.05, 0) is 20.3 Å². The van der Waals surface area contributed by atoms with Gasteiger partial charge < -0.3 is 4.74 Å². The van der Waals surface area contributed by atoms with Crippen molar-refractivity contribution in [3.63, 3.8) is 0 Å². The maximum absolute atomic E-state index is 11.1. The fourth-order valence-electron chi connectivity index (χ4n) is 0.798. The van der Waals surface area contributed by atoms with Crippen LogP contribution >= 0.6 is 0 Å². The zero-order valence-electron chi connectivity index (χ0n) is 7.74. The molecule has 4 nitrogen and oxygen atoms in total. The van der Waals surface area contributed by atoms with Crippen LogP contribution in [-0.4, -0.2) is 18.1 Å². The van der Waals surface area contributed by atoms with Crippen LogP contribution in [-0.2, 0) is 9.53 Å². The summed E-state index contributed by atoms with van der Waals surface area (Å²) in [7, 11) is 0. The van der Waals surface area contributed by atoms with Crippen molar-refractivity contribution in [2.45, 2.75) is 45.8 Å². The Labute approximate surface area is 72.3 Å². The lowest BCUT2D eigenvalue weighted by molar-refractivity contribution is -0.149. The molecule has 0 rings (SSSR count). The second-order valence-electron chi connectivity index (χ2n) is 2.90. The predicted octanol–water partition coefficient (Wildman–Crippen LogP) is 1.87. The molecule has 12 heavy (non-hydrogen) atoms. The second-order valence-corrected chi connectivity index (χ2v) is 2.90. The number of carbonyl (C=O) groups is 1. The molecule has 0 saturated heterocycles. The first-order valence-electron chi connectivity index (χ1n) is 4.14. The SMILES string of the molecule is CCCC(N=O)C(=O)OC(C)C. The number of ether oxygens (including phenoxy) is 1. The van der Waals surface area contributed by atoms with E-state index in [9.17, 15) is 9.70 Å². The molecule has 0 aromatic carbocycles. The normalized spacial score (nSPS) is 12.7. The Morgan fingerprint density at radius 2 is 2.08 bits per heavy atom. The van der Waals surface area contributed by atoms with Crippen molar-refractivity contribution < 1.29 is 9.53 Å². The largest absolute Gasteiger partial charge is 0.461 e. The van der Waals surface area contributed by atoms with E-state index in [0.29, 0.717) is 6.42 Å². The summed E-state index contributed by atoms with van der Waals surface area (Å²) in [6, 6.07) is -0.822. The molecule has 0 heterocycles. The first-order chi connectivity index (χ1) is 5.61. The first kappa shape index (κ1) is 11.1. The van der Waals surface area contributed by atoms with E-state index in [1.807, 2.05) is 6.92 Å². The Morgan fingerprint density at radius 1 is 1.50 bits per heavy atom. The van der Waals surface area contributed by atoms with Crippen LogP contribution in [0.1, 0.15) is 33.6 Å².